The number of esters is 1. The average molecular weight is 364 g/mol. The molecule has 0 saturated carbocycles. The fourth-order valence-electron chi connectivity index (χ4n) is 1.50. The van der Waals surface area contributed by atoms with Crippen LogP contribution in [0.4, 0.5) is 11.4 Å². The fourth-order valence-corrected chi connectivity index (χ4v) is 1.97. The van der Waals surface area contributed by atoms with Crippen LogP contribution in [-0.2, 0) is 9.53 Å². The maximum Gasteiger partial charge on any atom is 0.325 e. The highest BCUT2D eigenvalue weighted by Gasteiger charge is 2.20. The fraction of sp³-hybridized carbons (Fsp3) is 0.364. The van der Waals surface area contributed by atoms with Gasteiger partial charge < -0.3 is 9.64 Å². The van der Waals surface area contributed by atoms with E-state index in [-0.39, 0.29) is 12.2 Å². The first-order valence-corrected chi connectivity index (χ1v) is 6.33. The van der Waals surface area contributed by atoms with Crippen molar-refractivity contribution >= 4 is 39.9 Å². The van der Waals surface area contributed by atoms with Crippen molar-refractivity contribution in [1.82, 2.24) is 0 Å². The number of nitro groups is 1. The highest BCUT2D eigenvalue weighted by molar-refractivity contribution is 14.1. The molecule has 0 saturated heterocycles. The van der Waals surface area contributed by atoms with Gasteiger partial charge >= 0.3 is 5.97 Å². The predicted molar refractivity (Wildman–Crippen MR) is 75.7 cm³/mol. The number of halogens is 1. The highest BCUT2D eigenvalue weighted by Crippen LogP contribution is 2.29. The Morgan fingerprint density at radius 1 is 1.56 bits per heavy atom. The van der Waals surface area contributed by atoms with Crippen LogP contribution < -0.4 is 4.90 Å². The quantitative estimate of drug-likeness (QED) is 0.347. The molecular weight excluding hydrogens is 351 g/mol. The number of hydrogen-bond donors (Lipinski definition) is 0. The van der Waals surface area contributed by atoms with E-state index in [1.54, 1.807) is 17.0 Å². The lowest BCUT2D eigenvalue weighted by molar-refractivity contribution is -0.384. The first kappa shape index (κ1) is 14.7. The first-order chi connectivity index (χ1) is 8.49. The van der Waals surface area contributed by atoms with Crippen molar-refractivity contribution in [3.05, 3.63) is 31.9 Å². The second kappa shape index (κ2) is 6.53. The Morgan fingerprint density at radius 3 is 2.72 bits per heavy atom. The number of likely N-dealkylation sites (N-methyl/N-ethyl adjacent to an activating group) is 1. The summed E-state index contributed by atoms with van der Waals surface area (Å²) in [5, 5.41) is 11.0. The molecule has 18 heavy (non-hydrogen) atoms. The van der Waals surface area contributed by atoms with Crippen molar-refractivity contribution in [2.24, 2.45) is 0 Å². The molecule has 0 aliphatic carbocycles. The van der Waals surface area contributed by atoms with Crippen LogP contribution in [-0.4, -0.2) is 31.1 Å². The van der Waals surface area contributed by atoms with Crippen LogP contribution in [0.1, 0.15) is 6.92 Å². The number of hydrogen-bond acceptors (Lipinski definition) is 5. The molecule has 98 valence electrons. The summed E-state index contributed by atoms with van der Waals surface area (Å²) in [6, 6.07) is 4.89. The average Bonchev–Trinajstić information content (AvgIpc) is 2.35. The predicted octanol–water partition coefficient (Wildman–Crippen LogP) is 2.20. The Bertz CT molecular complexity index is 464. The molecule has 7 heteroatoms. The Balaban J connectivity index is 3.12. The minimum Gasteiger partial charge on any atom is -0.468 e. The Hall–Kier alpha value is -1.38. The molecule has 0 fully saturated rings. The van der Waals surface area contributed by atoms with Gasteiger partial charge in [0.05, 0.1) is 12.0 Å². The van der Waals surface area contributed by atoms with Gasteiger partial charge in [-0.2, -0.15) is 0 Å². The van der Waals surface area contributed by atoms with Crippen molar-refractivity contribution in [3.63, 3.8) is 0 Å². The molecule has 0 radical (unpaired) electrons. The molecule has 6 nitrogen and oxygen atoms in total. The normalized spacial score (nSPS) is 9.94. The number of benzene rings is 1. The van der Waals surface area contributed by atoms with Crippen LogP contribution in [0.3, 0.4) is 0 Å². The van der Waals surface area contributed by atoms with E-state index < -0.39 is 10.9 Å². The third-order valence-electron chi connectivity index (χ3n) is 2.40. The number of carbonyl (C=O) groups is 1. The van der Waals surface area contributed by atoms with Gasteiger partial charge in [-0.3, -0.25) is 14.9 Å². The molecule has 1 rings (SSSR count). The van der Waals surface area contributed by atoms with Gasteiger partial charge in [-0.05, 0) is 41.6 Å². The Labute approximate surface area is 118 Å². The number of methoxy groups -OCH3 is 1. The van der Waals surface area contributed by atoms with Gasteiger partial charge in [-0.25, -0.2) is 0 Å². The number of nitrogens with zero attached hydrogens (tertiary/aromatic N) is 2. The summed E-state index contributed by atoms with van der Waals surface area (Å²) in [4.78, 5) is 23.4. The zero-order valence-corrected chi connectivity index (χ0v) is 12.2. The van der Waals surface area contributed by atoms with E-state index in [9.17, 15) is 14.9 Å². The summed E-state index contributed by atoms with van der Waals surface area (Å²) in [5.41, 5.74) is 0.418. The molecule has 0 aliphatic rings. The van der Waals surface area contributed by atoms with Gasteiger partial charge in [-0.15, -0.1) is 0 Å². The summed E-state index contributed by atoms with van der Waals surface area (Å²) < 4.78 is 5.35. The van der Waals surface area contributed by atoms with Crippen molar-refractivity contribution in [2.45, 2.75) is 6.92 Å². The van der Waals surface area contributed by atoms with E-state index in [4.69, 9.17) is 0 Å². The van der Waals surface area contributed by atoms with E-state index >= 15 is 0 Å². The van der Waals surface area contributed by atoms with Crippen LogP contribution in [0.25, 0.3) is 0 Å². The van der Waals surface area contributed by atoms with Crippen molar-refractivity contribution < 1.29 is 14.5 Å². The second-order valence-corrected chi connectivity index (χ2v) is 4.73. The topological polar surface area (TPSA) is 72.7 Å². The summed E-state index contributed by atoms with van der Waals surface area (Å²) >= 11 is 2.01. The van der Waals surface area contributed by atoms with Crippen molar-refractivity contribution in [2.75, 3.05) is 25.1 Å². The number of nitro benzene ring substituents is 1. The van der Waals surface area contributed by atoms with Gasteiger partial charge in [0.1, 0.15) is 12.2 Å². The lowest BCUT2D eigenvalue weighted by Crippen LogP contribution is -2.30. The van der Waals surface area contributed by atoms with Gasteiger partial charge in [0.2, 0.25) is 0 Å². The molecule has 0 aliphatic heterocycles. The van der Waals surface area contributed by atoms with Crippen LogP contribution in [0, 0.1) is 13.7 Å². The number of anilines is 1. The standard InChI is InChI=1S/C11H13IN2O4/c1-3-13(7-11(15)18-2)9-5-4-8(12)6-10(9)14(16)17/h4-6H,3,7H2,1-2H3. The van der Waals surface area contributed by atoms with Crippen molar-refractivity contribution in [3.8, 4) is 0 Å². The van der Waals surface area contributed by atoms with Gasteiger partial charge in [0.25, 0.3) is 5.69 Å². The molecule has 0 spiro atoms. The minimum atomic E-state index is -0.447. The molecule has 0 N–H and O–H groups in total. The number of ether oxygens (including phenoxy) is 1. The molecule has 1 aromatic rings. The number of rotatable bonds is 5. The van der Waals surface area contributed by atoms with Gasteiger partial charge in [0, 0.05) is 16.2 Å². The van der Waals surface area contributed by atoms with Crippen molar-refractivity contribution in [1.29, 1.82) is 0 Å². The van der Waals surface area contributed by atoms with Crippen LogP contribution in [0.2, 0.25) is 0 Å². The van der Waals surface area contributed by atoms with E-state index in [2.05, 4.69) is 4.74 Å². The molecule has 0 unspecified atom stereocenters. The molecule has 0 aromatic heterocycles. The first-order valence-electron chi connectivity index (χ1n) is 5.25. The zero-order valence-electron chi connectivity index (χ0n) is 10.1. The molecule has 0 amide bonds. The summed E-state index contributed by atoms with van der Waals surface area (Å²) in [7, 11) is 1.29. The third kappa shape index (κ3) is 3.56. The molecular formula is C11H13IN2O4. The number of carbonyl (C=O) groups excluding carboxylic acids is 1. The van der Waals surface area contributed by atoms with E-state index in [0.29, 0.717) is 12.2 Å². The Kier molecular flexibility index (Phi) is 5.32. The zero-order chi connectivity index (χ0) is 13.7. The highest BCUT2D eigenvalue weighted by atomic mass is 127. The third-order valence-corrected chi connectivity index (χ3v) is 3.08. The van der Waals surface area contributed by atoms with Gasteiger partial charge in [0.15, 0.2) is 0 Å². The summed E-state index contributed by atoms with van der Waals surface area (Å²) in [6.45, 7) is 2.30. The Morgan fingerprint density at radius 2 is 2.22 bits per heavy atom. The van der Waals surface area contributed by atoms with Crippen LogP contribution in [0.5, 0.6) is 0 Å². The van der Waals surface area contributed by atoms with Gasteiger partial charge in [-0.1, -0.05) is 0 Å². The van der Waals surface area contributed by atoms with Crippen LogP contribution in [0.15, 0.2) is 18.2 Å². The summed E-state index contributed by atoms with van der Waals surface area (Å²) in [6.07, 6.45) is 0. The largest absolute Gasteiger partial charge is 0.468 e. The van der Waals surface area contributed by atoms with E-state index in [0.717, 1.165) is 3.57 Å². The summed E-state index contributed by atoms with van der Waals surface area (Å²) in [5.74, 6) is -0.426. The van der Waals surface area contributed by atoms with E-state index in [1.807, 2.05) is 29.5 Å². The molecule has 0 bridgehead atoms. The second-order valence-electron chi connectivity index (χ2n) is 3.48. The van der Waals surface area contributed by atoms with E-state index in [1.165, 1.54) is 13.2 Å². The molecule has 0 atom stereocenters. The molecule has 1 aromatic carbocycles. The SMILES string of the molecule is CCN(CC(=O)OC)c1ccc(I)cc1[N+](=O)[O-]. The lowest BCUT2D eigenvalue weighted by atomic mass is 10.2. The molecule has 0 heterocycles. The smallest absolute Gasteiger partial charge is 0.325 e. The maximum absolute atomic E-state index is 11.3. The maximum atomic E-state index is 11.3. The monoisotopic (exact) mass is 364 g/mol. The lowest BCUT2D eigenvalue weighted by Gasteiger charge is -2.21. The minimum absolute atomic E-state index is 0.00552. The van der Waals surface area contributed by atoms with Crippen LogP contribution >= 0.6 is 22.6 Å².